The molecular formula is C21H27NO3. The quantitative estimate of drug-likeness (QED) is 0.734. The first-order chi connectivity index (χ1) is 12.1. The molecular weight excluding hydrogens is 314 g/mol. The van der Waals surface area contributed by atoms with Crippen LogP contribution in [-0.4, -0.2) is 25.2 Å². The van der Waals surface area contributed by atoms with Gasteiger partial charge in [0.05, 0.1) is 18.3 Å². The Labute approximate surface area is 150 Å². The van der Waals surface area contributed by atoms with Crippen LogP contribution in [0.3, 0.4) is 0 Å². The number of esters is 1. The molecule has 2 N–H and O–H groups in total. The van der Waals surface area contributed by atoms with Crippen LogP contribution in [-0.2, 0) is 9.47 Å². The van der Waals surface area contributed by atoms with Gasteiger partial charge in [-0.1, -0.05) is 56.3 Å². The Kier molecular flexibility index (Phi) is 6.73. The maximum Gasteiger partial charge on any atom is 0.337 e. The largest absolute Gasteiger partial charge is 0.465 e. The van der Waals surface area contributed by atoms with Gasteiger partial charge in [0.1, 0.15) is 6.10 Å². The lowest BCUT2D eigenvalue weighted by Crippen LogP contribution is -2.40. The Morgan fingerprint density at radius 3 is 2.04 bits per heavy atom. The fourth-order valence-electron chi connectivity index (χ4n) is 2.87. The van der Waals surface area contributed by atoms with E-state index in [1.807, 2.05) is 42.5 Å². The highest BCUT2D eigenvalue weighted by molar-refractivity contribution is 5.89. The van der Waals surface area contributed by atoms with Gasteiger partial charge in [-0.25, -0.2) is 4.79 Å². The number of hydrogen-bond acceptors (Lipinski definition) is 4. The SMILES string of the molecule is CCC(CC)(CN)OC(c1ccccc1)c1ccc(C(=O)OC)cc1. The van der Waals surface area contributed by atoms with Gasteiger partial charge in [-0.2, -0.15) is 0 Å². The molecule has 2 rings (SSSR count). The summed E-state index contributed by atoms with van der Waals surface area (Å²) in [6, 6.07) is 17.4. The summed E-state index contributed by atoms with van der Waals surface area (Å²) >= 11 is 0. The molecule has 4 nitrogen and oxygen atoms in total. The van der Waals surface area contributed by atoms with Crippen LogP contribution in [0, 0.1) is 0 Å². The van der Waals surface area contributed by atoms with Crippen LogP contribution in [0.25, 0.3) is 0 Å². The van der Waals surface area contributed by atoms with Crippen molar-refractivity contribution >= 4 is 5.97 Å². The summed E-state index contributed by atoms with van der Waals surface area (Å²) in [5, 5.41) is 0. The van der Waals surface area contributed by atoms with Crippen molar-refractivity contribution in [1.29, 1.82) is 0 Å². The van der Waals surface area contributed by atoms with Crippen molar-refractivity contribution in [2.24, 2.45) is 5.73 Å². The van der Waals surface area contributed by atoms with Gasteiger partial charge in [0, 0.05) is 6.54 Å². The zero-order chi connectivity index (χ0) is 18.3. The first-order valence-electron chi connectivity index (χ1n) is 8.70. The topological polar surface area (TPSA) is 61.5 Å². The number of nitrogens with two attached hydrogens (primary N) is 1. The van der Waals surface area contributed by atoms with Crippen LogP contribution in [0.5, 0.6) is 0 Å². The molecule has 0 saturated carbocycles. The van der Waals surface area contributed by atoms with E-state index in [1.54, 1.807) is 12.1 Å². The Morgan fingerprint density at radius 2 is 1.56 bits per heavy atom. The fraction of sp³-hybridized carbons (Fsp3) is 0.381. The van der Waals surface area contributed by atoms with E-state index in [1.165, 1.54) is 7.11 Å². The lowest BCUT2D eigenvalue weighted by Gasteiger charge is -2.35. The Hall–Kier alpha value is -2.17. The average molecular weight is 341 g/mol. The van der Waals surface area contributed by atoms with Gasteiger partial charge in [-0.3, -0.25) is 0 Å². The third-order valence-electron chi connectivity index (χ3n) is 4.77. The second kappa shape index (κ2) is 8.79. The van der Waals surface area contributed by atoms with Crippen molar-refractivity contribution in [3.05, 3.63) is 71.3 Å². The van der Waals surface area contributed by atoms with Gasteiger partial charge < -0.3 is 15.2 Å². The number of methoxy groups -OCH3 is 1. The van der Waals surface area contributed by atoms with Gasteiger partial charge >= 0.3 is 5.97 Å². The summed E-state index contributed by atoms with van der Waals surface area (Å²) < 4.78 is 11.3. The smallest absolute Gasteiger partial charge is 0.337 e. The highest BCUT2D eigenvalue weighted by atomic mass is 16.5. The van der Waals surface area contributed by atoms with Gasteiger partial charge in [-0.05, 0) is 36.1 Å². The molecule has 2 aromatic rings. The molecule has 0 aliphatic rings. The number of carbonyl (C=O) groups is 1. The van der Waals surface area contributed by atoms with Crippen LogP contribution in [0.4, 0.5) is 0 Å². The molecule has 134 valence electrons. The van der Waals surface area contributed by atoms with E-state index in [9.17, 15) is 4.79 Å². The number of carbonyl (C=O) groups excluding carboxylic acids is 1. The zero-order valence-corrected chi connectivity index (χ0v) is 15.2. The van der Waals surface area contributed by atoms with Crippen LogP contribution in [0.2, 0.25) is 0 Å². The second-order valence-corrected chi connectivity index (χ2v) is 6.12. The van der Waals surface area contributed by atoms with E-state index in [-0.39, 0.29) is 17.7 Å². The van der Waals surface area contributed by atoms with Crippen molar-refractivity contribution in [2.75, 3.05) is 13.7 Å². The molecule has 25 heavy (non-hydrogen) atoms. The average Bonchev–Trinajstić information content (AvgIpc) is 2.70. The molecule has 0 radical (unpaired) electrons. The Balaban J connectivity index is 2.40. The normalized spacial score (nSPS) is 12.6. The van der Waals surface area contributed by atoms with E-state index in [2.05, 4.69) is 13.8 Å². The summed E-state index contributed by atoms with van der Waals surface area (Å²) in [7, 11) is 1.38. The first kappa shape index (κ1) is 19.2. The third-order valence-corrected chi connectivity index (χ3v) is 4.77. The maximum atomic E-state index is 11.7. The van der Waals surface area contributed by atoms with E-state index in [4.69, 9.17) is 15.2 Å². The Morgan fingerprint density at radius 1 is 1.00 bits per heavy atom. The number of hydrogen-bond donors (Lipinski definition) is 1. The van der Waals surface area contributed by atoms with Crippen LogP contribution in [0.15, 0.2) is 54.6 Å². The Bertz CT molecular complexity index is 655. The minimum absolute atomic E-state index is 0.239. The fourth-order valence-corrected chi connectivity index (χ4v) is 2.87. The molecule has 0 aromatic heterocycles. The summed E-state index contributed by atoms with van der Waals surface area (Å²) in [6.45, 7) is 4.65. The molecule has 0 fully saturated rings. The van der Waals surface area contributed by atoms with E-state index >= 15 is 0 Å². The van der Waals surface area contributed by atoms with Crippen LogP contribution >= 0.6 is 0 Å². The lowest BCUT2D eigenvalue weighted by atomic mass is 9.94. The number of ether oxygens (including phenoxy) is 2. The third kappa shape index (κ3) is 4.47. The molecule has 0 bridgehead atoms. The minimum Gasteiger partial charge on any atom is -0.465 e. The van der Waals surface area contributed by atoms with Crippen LogP contribution < -0.4 is 5.73 Å². The molecule has 0 saturated heterocycles. The van der Waals surface area contributed by atoms with Gasteiger partial charge in [0.15, 0.2) is 0 Å². The van der Waals surface area contributed by atoms with Crippen molar-refractivity contribution in [3.8, 4) is 0 Å². The molecule has 0 amide bonds. The molecule has 0 spiro atoms. The minimum atomic E-state index is -0.373. The number of rotatable bonds is 8. The second-order valence-electron chi connectivity index (χ2n) is 6.12. The van der Waals surface area contributed by atoms with Gasteiger partial charge in [0.25, 0.3) is 0 Å². The maximum absolute atomic E-state index is 11.7. The lowest BCUT2D eigenvalue weighted by molar-refractivity contribution is -0.0792. The van der Waals surface area contributed by atoms with Crippen molar-refractivity contribution in [3.63, 3.8) is 0 Å². The monoisotopic (exact) mass is 341 g/mol. The molecule has 0 aliphatic carbocycles. The van der Waals surface area contributed by atoms with Gasteiger partial charge in [-0.15, -0.1) is 0 Å². The molecule has 1 atom stereocenters. The van der Waals surface area contributed by atoms with Crippen LogP contribution in [0.1, 0.15) is 54.3 Å². The van der Waals surface area contributed by atoms with Crippen molar-refractivity contribution in [1.82, 2.24) is 0 Å². The molecule has 4 heteroatoms. The molecule has 2 aromatic carbocycles. The predicted octanol–water partition coefficient (Wildman–Crippen LogP) is 4.10. The summed E-state index contributed by atoms with van der Waals surface area (Å²) in [6.07, 6.45) is 1.43. The van der Waals surface area contributed by atoms with Crippen molar-refractivity contribution < 1.29 is 14.3 Å². The predicted molar refractivity (Wildman–Crippen MR) is 99.5 cm³/mol. The number of benzene rings is 2. The molecule has 1 unspecified atom stereocenters. The zero-order valence-electron chi connectivity index (χ0n) is 15.2. The van der Waals surface area contributed by atoms with E-state index in [0.717, 1.165) is 24.0 Å². The van der Waals surface area contributed by atoms with E-state index in [0.29, 0.717) is 12.1 Å². The van der Waals surface area contributed by atoms with Gasteiger partial charge in [0.2, 0.25) is 0 Å². The standard InChI is InChI=1S/C21H27NO3/c1-4-21(5-2,15-22)25-19(16-9-7-6-8-10-16)17-11-13-18(14-12-17)20(23)24-3/h6-14,19H,4-5,15,22H2,1-3H3. The molecule has 0 heterocycles. The van der Waals surface area contributed by atoms with E-state index < -0.39 is 0 Å². The summed E-state index contributed by atoms with van der Waals surface area (Å²) in [4.78, 5) is 11.7. The highest BCUT2D eigenvalue weighted by Gasteiger charge is 2.30. The highest BCUT2D eigenvalue weighted by Crippen LogP contribution is 2.33. The summed E-state index contributed by atoms with van der Waals surface area (Å²) in [5.74, 6) is -0.345. The molecule has 0 aliphatic heterocycles. The first-order valence-corrected chi connectivity index (χ1v) is 8.70. The van der Waals surface area contributed by atoms with Crippen molar-refractivity contribution in [2.45, 2.75) is 38.4 Å². The summed E-state index contributed by atoms with van der Waals surface area (Å²) in [5.41, 5.74) is 8.23.